The standard InChI is InChI=1S/C10H8F2N4O2S/c1-18-10(17)16-15-9(19)14-8-3-6(11)5(4-13)2-7(8)12/h2-3H,1H3,(H,16,17)(H2,14,15,19). The zero-order valence-electron chi connectivity index (χ0n) is 9.58. The summed E-state index contributed by atoms with van der Waals surface area (Å²) >= 11 is 4.72. The van der Waals surface area contributed by atoms with Crippen molar-refractivity contribution in [3.05, 3.63) is 29.3 Å². The Kier molecular flexibility index (Phi) is 4.96. The fourth-order valence-corrected chi connectivity index (χ4v) is 1.20. The van der Waals surface area contributed by atoms with Crippen LogP contribution in [0.25, 0.3) is 0 Å². The Balaban J connectivity index is 2.73. The number of anilines is 1. The van der Waals surface area contributed by atoms with Crippen molar-refractivity contribution in [1.82, 2.24) is 10.9 Å². The van der Waals surface area contributed by atoms with Crippen molar-refractivity contribution in [2.75, 3.05) is 12.4 Å². The number of hydrazine groups is 1. The van der Waals surface area contributed by atoms with Crippen LogP contribution in [-0.4, -0.2) is 18.3 Å². The van der Waals surface area contributed by atoms with Gasteiger partial charge in [0.05, 0.1) is 18.4 Å². The van der Waals surface area contributed by atoms with E-state index >= 15 is 0 Å². The number of carbonyl (C=O) groups is 1. The van der Waals surface area contributed by atoms with Crippen molar-refractivity contribution in [2.45, 2.75) is 0 Å². The van der Waals surface area contributed by atoms with E-state index in [2.05, 4.69) is 15.5 Å². The Bertz CT molecular complexity index is 559. The van der Waals surface area contributed by atoms with Gasteiger partial charge in [0.1, 0.15) is 17.7 Å². The van der Waals surface area contributed by atoms with Crippen LogP contribution >= 0.6 is 12.2 Å². The second kappa shape index (κ2) is 6.46. The second-order valence-corrected chi connectivity index (χ2v) is 3.53. The summed E-state index contributed by atoms with van der Waals surface area (Å²) in [5, 5.41) is 10.6. The molecule has 0 aliphatic heterocycles. The largest absolute Gasteiger partial charge is 0.452 e. The summed E-state index contributed by atoms with van der Waals surface area (Å²) in [6.07, 6.45) is -0.810. The van der Waals surface area contributed by atoms with Gasteiger partial charge in [-0.2, -0.15) is 5.26 Å². The second-order valence-electron chi connectivity index (χ2n) is 3.12. The molecule has 0 aliphatic rings. The van der Waals surface area contributed by atoms with E-state index in [-0.39, 0.29) is 10.8 Å². The summed E-state index contributed by atoms with van der Waals surface area (Å²) in [6.45, 7) is 0. The van der Waals surface area contributed by atoms with Crippen LogP contribution in [0.5, 0.6) is 0 Å². The number of hydrogen-bond donors (Lipinski definition) is 3. The number of amides is 1. The predicted octanol–water partition coefficient (Wildman–Crippen LogP) is 1.39. The number of carbonyl (C=O) groups excluding carboxylic acids is 1. The molecule has 0 saturated carbocycles. The average Bonchev–Trinajstić information content (AvgIpc) is 2.39. The average molecular weight is 286 g/mol. The number of benzene rings is 1. The van der Waals surface area contributed by atoms with Crippen molar-refractivity contribution in [3.8, 4) is 6.07 Å². The number of halogens is 2. The minimum absolute atomic E-state index is 0.187. The first kappa shape index (κ1) is 14.6. The molecule has 1 rings (SSSR count). The van der Waals surface area contributed by atoms with E-state index in [1.54, 1.807) is 0 Å². The van der Waals surface area contributed by atoms with Crippen LogP contribution in [0.4, 0.5) is 19.3 Å². The molecule has 0 spiro atoms. The lowest BCUT2D eigenvalue weighted by Gasteiger charge is -2.11. The minimum Gasteiger partial charge on any atom is -0.452 e. The molecule has 1 amide bonds. The fraction of sp³-hybridized carbons (Fsp3) is 0.100. The highest BCUT2D eigenvalue weighted by Crippen LogP contribution is 2.18. The van der Waals surface area contributed by atoms with E-state index in [1.165, 1.54) is 6.07 Å². The van der Waals surface area contributed by atoms with Gasteiger partial charge in [0.25, 0.3) is 0 Å². The summed E-state index contributed by atoms with van der Waals surface area (Å²) < 4.78 is 31.0. The first-order valence-electron chi connectivity index (χ1n) is 4.78. The van der Waals surface area contributed by atoms with Gasteiger partial charge in [-0.3, -0.25) is 5.43 Å². The van der Waals surface area contributed by atoms with Crippen molar-refractivity contribution < 1.29 is 18.3 Å². The maximum absolute atomic E-state index is 13.5. The van der Waals surface area contributed by atoms with Crippen molar-refractivity contribution >= 4 is 29.1 Å². The molecule has 0 unspecified atom stereocenters. The van der Waals surface area contributed by atoms with E-state index in [0.29, 0.717) is 0 Å². The van der Waals surface area contributed by atoms with Crippen molar-refractivity contribution in [2.24, 2.45) is 0 Å². The molecule has 1 aromatic rings. The molecule has 0 bridgehead atoms. The Morgan fingerprint density at radius 1 is 1.37 bits per heavy atom. The highest BCUT2D eigenvalue weighted by atomic mass is 32.1. The zero-order chi connectivity index (χ0) is 14.4. The molecule has 0 radical (unpaired) electrons. The maximum Gasteiger partial charge on any atom is 0.425 e. The normalized spacial score (nSPS) is 9.16. The highest BCUT2D eigenvalue weighted by Gasteiger charge is 2.11. The molecule has 9 heteroatoms. The van der Waals surface area contributed by atoms with Crippen molar-refractivity contribution in [3.63, 3.8) is 0 Å². The number of nitrogens with zero attached hydrogens (tertiary/aromatic N) is 1. The molecule has 1 aromatic carbocycles. The van der Waals surface area contributed by atoms with Gasteiger partial charge in [0, 0.05) is 6.07 Å². The first-order valence-corrected chi connectivity index (χ1v) is 5.19. The number of thiocarbonyl (C=S) groups is 1. The van der Waals surface area contributed by atoms with Crippen molar-refractivity contribution in [1.29, 1.82) is 5.26 Å². The molecule has 0 heterocycles. The maximum atomic E-state index is 13.5. The molecule has 0 saturated heterocycles. The molecular weight excluding hydrogens is 278 g/mol. The smallest absolute Gasteiger partial charge is 0.425 e. The van der Waals surface area contributed by atoms with E-state index in [0.717, 1.165) is 19.2 Å². The summed E-state index contributed by atoms with van der Waals surface area (Å²) in [4.78, 5) is 10.7. The molecule has 6 nitrogen and oxygen atoms in total. The lowest BCUT2D eigenvalue weighted by Crippen LogP contribution is -2.43. The molecule has 100 valence electrons. The van der Waals surface area contributed by atoms with Crippen LogP contribution < -0.4 is 16.2 Å². The predicted molar refractivity (Wildman–Crippen MR) is 66.0 cm³/mol. The Labute approximate surface area is 112 Å². The number of ether oxygens (including phenoxy) is 1. The number of nitriles is 1. The van der Waals surface area contributed by atoms with Gasteiger partial charge < -0.3 is 10.1 Å². The number of nitrogens with one attached hydrogen (secondary N) is 3. The molecular formula is C10H8F2N4O2S. The van der Waals surface area contributed by atoms with Crippen LogP contribution in [0.1, 0.15) is 5.56 Å². The van der Waals surface area contributed by atoms with Crippen LogP contribution in [-0.2, 0) is 4.74 Å². The summed E-state index contributed by atoms with van der Waals surface area (Å²) in [5.41, 5.74) is 3.53. The molecule has 3 N–H and O–H groups in total. The summed E-state index contributed by atoms with van der Waals surface area (Å²) in [7, 11) is 1.14. The molecule has 0 atom stereocenters. The van der Waals surface area contributed by atoms with E-state index in [1.807, 2.05) is 5.43 Å². The van der Waals surface area contributed by atoms with Crippen LogP contribution in [0.15, 0.2) is 12.1 Å². The molecule has 19 heavy (non-hydrogen) atoms. The fourth-order valence-electron chi connectivity index (χ4n) is 1.04. The van der Waals surface area contributed by atoms with E-state index in [9.17, 15) is 13.6 Å². The van der Waals surface area contributed by atoms with Gasteiger partial charge >= 0.3 is 6.09 Å². The number of hydrogen-bond acceptors (Lipinski definition) is 4. The Morgan fingerprint density at radius 3 is 2.63 bits per heavy atom. The third-order valence-electron chi connectivity index (χ3n) is 1.89. The number of rotatable bonds is 1. The van der Waals surface area contributed by atoms with E-state index < -0.39 is 23.3 Å². The van der Waals surface area contributed by atoms with Crippen LogP contribution in [0.2, 0.25) is 0 Å². The topological polar surface area (TPSA) is 86.2 Å². The van der Waals surface area contributed by atoms with Gasteiger partial charge in [0.15, 0.2) is 5.11 Å². The summed E-state index contributed by atoms with van der Waals surface area (Å²) in [5.74, 6) is -1.75. The quantitative estimate of drug-likeness (QED) is 0.534. The van der Waals surface area contributed by atoms with Gasteiger partial charge in [-0.25, -0.2) is 19.0 Å². The van der Waals surface area contributed by atoms with Gasteiger partial charge in [-0.15, -0.1) is 0 Å². The van der Waals surface area contributed by atoms with Gasteiger partial charge in [-0.05, 0) is 18.3 Å². The van der Waals surface area contributed by atoms with Crippen LogP contribution in [0.3, 0.4) is 0 Å². The molecule has 0 aliphatic carbocycles. The van der Waals surface area contributed by atoms with Gasteiger partial charge in [-0.1, -0.05) is 0 Å². The monoisotopic (exact) mass is 286 g/mol. The third-order valence-corrected chi connectivity index (χ3v) is 2.09. The third kappa shape index (κ3) is 4.04. The lowest BCUT2D eigenvalue weighted by atomic mass is 10.2. The zero-order valence-corrected chi connectivity index (χ0v) is 10.4. The number of methoxy groups -OCH3 is 1. The molecule has 0 aromatic heterocycles. The minimum atomic E-state index is -0.893. The van der Waals surface area contributed by atoms with Crippen LogP contribution in [0, 0.1) is 23.0 Å². The highest BCUT2D eigenvalue weighted by molar-refractivity contribution is 7.80. The van der Waals surface area contributed by atoms with E-state index in [4.69, 9.17) is 17.5 Å². The first-order chi connectivity index (χ1) is 8.97. The summed E-state index contributed by atoms with van der Waals surface area (Å²) in [6, 6.07) is 3.01. The molecule has 0 fully saturated rings. The Morgan fingerprint density at radius 2 is 2.05 bits per heavy atom. The SMILES string of the molecule is COC(=O)NNC(=S)Nc1cc(F)c(C#N)cc1F. The van der Waals surface area contributed by atoms with Gasteiger partial charge in [0.2, 0.25) is 0 Å². The lowest BCUT2D eigenvalue weighted by molar-refractivity contribution is 0.169. The Hall–Kier alpha value is -2.47.